The van der Waals surface area contributed by atoms with E-state index in [1.54, 1.807) is 0 Å². The van der Waals surface area contributed by atoms with Crippen molar-refractivity contribution in [2.24, 2.45) is 10.9 Å². The maximum Gasteiger partial charge on any atom is 0.191 e. The van der Waals surface area contributed by atoms with Gasteiger partial charge in [0, 0.05) is 26.7 Å². The van der Waals surface area contributed by atoms with Gasteiger partial charge in [0.1, 0.15) is 0 Å². The second kappa shape index (κ2) is 11.3. The predicted octanol–water partition coefficient (Wildman–Crippen LogP) is 1.93. The van der Waals surface area contributed by atoms with Gasteiger partial charge in [-0.15, -0.1) is 0 Å². The monoisotopic (exact) mass is 256 g/mol. The topological polar surface area (TPSA) is 39.7 Å². The lowest BCUT2D eigenvalue weighted by Crippen LogP contribution is -2.43. The third-order valence-electron chi connectivity index (χ3n) is 3.55. The molecular formula is C14H32N4. The van der Waals surface area contributed by atoms with Gasteiger partial charge >= 0.3 is 0 Å². The molecule has 0 amide bonds. The summed E-state index contributed by atoms with van der Waals surface area (Å²) in [5, 5.41) is 6.77. The fourth-order valence-electron chi connectivity index (χ4n) is 1.91. The molecule has 18 heavy (non-hydrogen) atoms. The van der Waals surface area contributed by atoms with Crippen LogP contribution >= 0.6 is 0 Å². The SMILES string of the molecule is CCC(CC)CNC(=NC)NCCN(CC)CC. The van der Waals surface area contributed by atoms with E-state index in [1.807, 2.05) is 7.05 Å². The molecule has 0 atom stereocenters. The Bertz CT molecular complexity index is 208. The van der Waals surface area contributed by atoms with E-state index in [0.717, 1.165) is 44.6 Å². The normalized spacial score (nSPS) is 12.3. The molecule has 0 rings (SSSR count). The quantitative estimate of drug-likeness (QED) is 0.489. The molecular weight excluding hydrogens is 224 g/mol. The van der Waals surface area contributed by atoms with Crippen molar-refractivity contribution in [3.63, 3.8) is 0 Å². The minimum Gasteiger partial charge on any atom is -0.356 e. The Hall–Kier alpha value is -0.770. The van der Waals surface area contributed by atoms with E-state index in [4.69, 9.17) is 0 Å². The second-order valence-electron chi connectivity index (χ2n) is 4.59. The van der Waals surface area contributed by atoms with Crippen molar-refractivity contribution in [1.29, 1.82) is 0 Å². The Morgan fingerprint density at radius 1 is 1.06 bits per heavy atom. The molecule has 0 aliphatic heterocycles. The lowest BCUT2D eigenvalue weighted by molar-refractivity contribution is 0.308. The van der Waals surface area contributed by atoms with Crippen LogP contribution in [0.5, 0.6) is 0 Å². The van der Waals surface area contributed by atoms with Gasteiger partial charge < -0.3 is 15.5 Å². The maximum absolute atomic E-state index is 4.25. The highest BCUT2D eigenvalue weighted by molar-refractivity contribution is 5.79. The van der Waals surface area contributed by atoms with E-state index in [9.17, 15) is 0 Å². The first-order chi connectivity index (χ1) is 8.71. The smallest absolute Gasteiger partial charge is 0.191 e. The molecule has 0 aliphatic rings. The Balaban J connectivity index is 3.84. The molecule has 0 saturated carbocycles. The summed E-state index contributed by atoms with van der Waals surface area (Å²) in [6.07, 6.45) is 2.44. The Morgan fingerprint density at radius 2 is 1.67 bits per heavy atom. The van der Waals surface area contributed by atoms with Crippen molar-refractivity contribution in [2.75, 3.05) is 39.8 Å². The summed E-state index contributed by atoms with van der Waals surface area (Å²) in [4.78, 5) is 6.66. The summed E-state index contributed by atoms with van der Waals surface area (Å²) in [5.41, 5.74) is 0. The molecule has 0 fully saturated rings. The lowest BCUT2D eigenvalue weighted by Gasteiger charge is -2.20. The zero-order valence-corrected chi connectivity index (χ0v) is 12.9. The number of nitrogens with one attached hydrogen (secondary N) is 2. The first-order valence-corrected chi connectivity index (χ1v) is 7.38. The Morgan fingerprint density at radius 3 is 2.11 bits per heavy atom. The van der Waals surface area contributed by atoms with Crippen molar-refractivity contribution >= 4 is 5.96 Å². The average Bonchev–Trinajstić information content (AvgIpc) is 2.42. The third kappa shape index (κ3) is 7.54. The van der Waals surface area contributed by atoms with Crippen LogP contribution in [0, 0.1) is 5.92 Å². The summed E-state index contributed by atoms with van der Waals surface area (Å²) >= 11 is 0. The minimum absolute atomic E-state index is 0.742. The number of guanidine groups is 1. The molecule has 108 valence electrons. The zero-order chi connectivity index (χ0) is 13.8. The van der Waals surface area contributed by atoms with E-state index in [0.29, 0.717) is 0 Å². The third-order valence-corrected chi connectivity index (χ3v) is 3.55. The first kappa shape index (κ1) is 17.2. The Labute approximate surface area is 113 Å². The van der Waals surface area contributed by atoms with Gasteiger partial charge in [0.2, 0.25) is 0 Å². The van der Waals surface area contributed by atoms with Crippen molar-refractivity contribution in [3.05, 3.63) is 0 Å². The molecule has 0 aliphatic carbocycles. The number of rotatable bonds is 9. The molecule has 4 nitrogen and oxygen atoms in total. The highest BCUT2D eigenvalue weighted by Crippen LogP contribution is 2.04. The molecule has 2 N–H and O–H groups in total. The summed E-state index contributed by atoms with van der Waals surface area (Å²) in [6.45, 7) is 14.1. The van der Waals surface area contributed by atoms with Gasteiger partial charge in [0.25, 0.3) is 0 Å². The number of nitrogens with zero attached hydrogens (tertiary/aromatic N) is 2. The molecule has 0 aromatic rings. The molecule has 0 aromatic carbocycles. The molecule has 4 heteroatoms. The number of aliphatic imine (C=N–C) groups is 1. The highest BCUT2D eigenvalue weighted by Gasteiger charge is 2.05. The molecule has 0 unspecified atom stereocenters. The predicted molar refractivity (Wildman–Crippen MR) is 81.2 cm³/mol. The highest BCUT2D eigenvalue weighted by atomic mass is 15.2. The van der Waals surface area contributed by atoms with Crippen molar-refractivity contribution < 1.29 is 0 Å². The van der Waals surface area contributed by atoms with Crippen molar-refractivity contribution in [1.82, 2.24) is 15.5 Å². The maximum atomic E-state index is 4.25. The van der Waals surface area contributed by atoms with E-state index < -0.39 is 0 Å². The molecule has 0 spiro atoms. The van der Waals surface area contributed by atoms with Gasteiger partial charge in [-0.05, 0) is 19.0 Å². The summed E-state index contributed by atoms with van der Waals surface area (Å²) in [5.74, 6) is 1.67. The van der Waals surface area contributed by atoms with E-state index in [1.165, 1.54) is 12.8 Å². The first-order valence-electron chi connectivity index (χ1n) is 7.38. The molecule has 0 heterocycles. The summed E-state index contributed by atoms with van der Waals surface area (Å²) in [6, 6.07) is 0. The van der Waals surface area contributed by atoms with E-state index in [-0.39, 0.29) is 0 Å². The summed E-state index contributed by atoms with van der Waals surface area (Å²) in [7, 11) is 1.83. The lowest BCUT2D eigenvalue weighted by atomic mass is 10.0. The van der Waals surface area contributed by atoms with Crippen LogP contribution in [0.1, 0.15) is 40.5 Å². The minimum atomic E-state index is 0.742. The van der Waals surface area contributed by atoms with Gasteiger partial charge in [-0.2, -0.15) is 0 Å². The molecule has 0 radical (unpaired) electrons. The number of hydrogen-bond acceptors (Lipinski definition) is 2. The zero-order valence-electron chi connectivity index (χ0n) is 12.9. The summed E-state index contributed by atoms with van der Waals surface area (Å²) < 4.78 is 0. The van der Waals surface area contributed by atoms with Gasteiger partial charge in [-0.25, -0.2) is 0 Å². The van der Waals surface area contributed by atoms with Crippen molar-refractivity contribution in [2.45, 2.75) is 40.5 Å². The van der Waals surface area contributed by atoms with Crippen LogP contribution in [-0.2, 0) is 0 Å². The van der Waals surface area contributed by atoms with Gasteiger partial charge in [0.05, 0.1) is 0 Å². The van der Waals surface area contributed by atoms with Crippen LogP contribution in [0.25, 0.3) is 0 Å². The van der Waals surface area contributed by atoms with Crippen LogP contribution in [-0.4, -0.2) is 50.6 Å². The molecule has 0 saturated heterocycles. The molecule has 0 bridgehead atoms. The van der Waals surface area contributed by atoms with Crippen LogP contribution in [0.4, 0.5) is 0 Å². The van der Waals surface area contributed by atoms with Crippen molar-refractivity contribution in [3.8, 4) is 0 Å². The Kier molecular flexibility index (Phi) is 10.8. The number of hydrogen-bond donors (Lipinski definition) is 2. The fourth-order valence-corrected chi connectivity index (χ4v) is 1.91. The van der Waals surface area contributed by atoms with E-state index in [2.05, 4.69) is 48.2 Å². The standard InChI is InChI=1S/C14H32N4/c1-6-13(7-2)12-17-14(15-5)16-10-11-18(8-3)9-4/h13H,6-12H2,1-5H3,(H2,15,16,17). The van der Waals surface area contributed by atoms with Crippen LogP contribution in [0.3, 0.4) is 0 Å². The average molecular weight is 256 g/mol. The molecule has 0 aromatic heterocycles. The second-order valence-corrected chi connectivity index (χ2v) is 4.59. The van der Waals surface area contributed by atoms with Gasteiger partial charge in [0.15, 0.2) is 5.96 Å². The largest absolute Gasteiger partial charge is 0.356 e. The van der Waals surface area contributed by atoms with Gasteiger partial charge in [-0.1, -0.05) is 40.5 Å². The number of likely N-dealkylation sites (N-methyl/N-ethyl adjacent to an activating group) is 1. The van der Waals surface area contributed by atoms with Crippen LogP contribution < -0.4 is 10.6 Å². The fraction of sp³-hybridized carbons (Fsp3) is 0.929. The van der Waals surface area contributed by atoms with E-state index >= 15 is 0 Å². The van der Waals surface area contributed by atoms with Crippen LogP contribution in [0.15, 0.2) is 4.99 Å². The van der Waals surface area contributed by atoms with Gasteiger partial charge in [-0.3, -0.25) is 4.99 Å². The van der Waals surface area contributed by atoms with Crippen LogP contribution in [0.2, 0.25) is 0 Å².